The molecule has 1 saturated heterocycles. The molecule has 4 nitrogen and oxygen atoms in total. The normalized spacial score (nSPS) is 18.7. The molecule has 0 spiro atoms. The van der Waals surface area contributed by atoms with Crippen molar-refractivity contribution in [3.8, 4) is 11.3 Å². The van der Waals surface area contributed by atoms with Crippen LogP contribution in [0.15, 0.2) is 30.3 Å². The lowest BCUT2D eigenvalue weighted by Gasteiger charge is -2.24. The van der Waals surface area contributed by atoms with Crippen LogP contribution >= 0.6 is 11.6 Å². The van der Waals surface area contributed by atoms with Gasteiger partial charge in [0.2, 0.25) is 0 Å². The maximum atomic E-state index is 9.09. The number of rotatable bonds is 6. The lowest BCUT2D eigenvalue weighted by molar-refractivity contribution is 0.210. The van der Waals surface area contributed by atoms with Crippen molar-refractivity contribution >= 4 is 11.6 Å². The third-order valence-corrected chi connectivity index (χ3v) is 5.14. The first-order valence-electron chi connectivity index (χ1n) is 8.32. The van der Waals surface area contributed by atoms with Crippen LogP contribution in [-0.2, 0) is 13.6 Å². The Morgan fingerprint density at radius 3 is 2.83 bits per heavy atom. The van der Waals surface area contributed by atoms with Crippen LogP contribution in [0, 0.1) is 0 Å². The van der Waals surface area contributed by atoms with Gasteiger partial charge in [0.1, 0.15) is 5.15 Å². The Kier molecular flexibility index (Phi) is 5.36. The topological polar surface area (TPSA) is 41.3 Å². The molecule has 2 heterocycles. The molecular weight excluding hydrogens is 310 g/mol. The van der Waals surface area contributed by atoms with E-state index in [9.17, 15) is 0 Å². The molecule has 23 heavy (non-hydrogen) atoms. The van der Waals surface area contributed by atoms with E-state index in [1.165, 1.54) is 12.8 Å². The first-order valence-corrected chi connectivity index (χ1v) is 8.70. The van der Waals surface area contributed by atoms with E-state index in [0.717, 1.165) is 47.9 Å². The second kappa shape index (κ2) is 7.47. The monoisotopic (exact) mass is 333 g/mol. The number of benzene rings is 1. The number of aryl methyl sites for hydroxylation is 1. The molecule has 1 N–H and O–H groups in total. The number of hydrogen-bond acceptors (Lipinski definition) is 3. The summed E-state index contributed by atoms with van der Waals surface area (Å²) in [6.45, 7) is 2.19. The zero-order chi connectivity index (χ0) is 16.2. The highest BCUT2D eigenvalue weighted by molar-refractivity contribution is 6.30. The summed E-state index contributed by atoms with van der Waals surface area (Å²) in [4.78, 5) is 2.49. The van der Waals surface area contributed by atoms with Gasteiger partial charge >= 0.3 is 0 Å². The van der Waals surface area contributed by atoms with Crippen LogP contribution in [0.1, 0.15) is 31.2 Å². The van der Waals surface area contributed by atoms with E-state index in [-0.39, 0.29) is 6.61 Å². The zero-order valence-corrected chi connectivity index (χ0v) is 14.3. The Labute approximate surface area is 142 Å². The second-order valence-corrected chi connectivity index (χ2v) is 6.60. The molecule has 2 aromatic rings. The fourth-order valence-electron chi connectivity index (χ4n) is 3.48. The van der Waals surface area contributed by atoms with Crippen LogP contribution in [0.5, 0.6) is 0 Å². The van der Waals surface area contributed by atoms with E-state index in [1.54, 1.807) is 4.68 Å². The van der Waals surface area contributed by atoms with Crippen molar-refractivity contribution in [3.05, 3.63) is 41.0 Å². The number of aliphatic hydroxyl groups is 1. The van der Waals surface area contributed by atoms with E-state index < -0.39 is 0 Å². The standard InChI is InChI=1S/C18H24ClN3O/c1-21-18(19)16(17(20-21)14-7-3-2-4-8-14)13-22-11-5-9-15(22)10-6-12-23/h2-4,7-8,15,23H,5-6,9-13H2,1H3. The largest absolute Gasteiger partial charge is 0.396 e. The van der Waals surface area contributed by atoms with Crippen LogP contribution in [0.2, 0.25) is 5.15 Å². The summed E-state index contributed by atoms with van der Waals surface area (Å²) >= 11 is 6.53. The van der Waals surface area contributed by atoms with Crippen LogP contribution in [0.3, 0.4) is 0 Å². The molecule has 0 radical (unpaired) electrons. The van der Waals surface area contributed by atoms with Crippen molar-refractivity contribution < 1.29 is 5.11 Å². The van der Waals surface area contributed by atoms with Crippen molar-refractivity contribution in [2.24, 2.45) is 7.05 Å². The predicted octanol–water partition coefficient (Wildman–Crippen LogP) is 3.48. The average molecular weight is 334 g/mol. The Bertz CT molecular complexity index is 641. The summed E-state index contributed by atoms with van der Waals surface area (Å²) in [5.41, 5.74) is 3.19. The summed E-state index contributed by atoms with van der Waals surface area (Å²) in [6.07, 6.45) is 4.34. The molecular formula is C18H24ClN3O. The fraction of sp³-hybridized carbons (Fsp3) is 0.500. The minimum atomic E-state index is 0.271. The van der Waals surface area contributed by atoms with Crippen molar-refractivity contribution in [2.75, 3.05) is 13.2 Å². The van der Waals surface area contributed by atoms with Gasteiger partial charge in [-0.3, -0.25) is 9.58 Å². The summed E-state index contributed by atoms with van der Waals surface area (Å²) in [5, 5.41) is 14.4. The highest BCUT2D eigenvalue weighted by atomic mass is 35.5. The molecule has 1 fully saturated rings. The molecule has 1 aromatic heterocycles. The van der Waals surface area contributed by atoms with E-state index in [1.807, 2.05) is 25.2 Å². The first kappa shape index (κ1) is 16.5. The van der Waals surface area contributed by atoms with Crippen molar-refractivity contribution in [1.29, 1.82) is 0 Å². The number of hydrogen-bond donors (Lipinski definition) is 1. The number of nitrogens with zero attached hydrogens (tertiary/aromatic N) is 3. The second-order valence-electron chi connectivity index (χ2n) is 6.24. The molecule has 0 aliphatic carbocycles. The lowest BCUT2D eigenvalue weighted by Crippen LogP contribution is -2.29. The Balaban J connectivity index is 1.85. The van der Waals surface area contributed by atoms with Gasteiger partial charge < -0.3 is 5.11 Å². The molecule has 1 aliphatic rings. The highest BCUT2D eigenvalue weighted by Crippen LogP contribution is 2.32. The summed E-state index contributed by atoms with van der Waals surface area (Å²) in [6, 6.07) is 10.8. The smallest absolute Gasteiger partial charge is 0.131 e. The van der Waals surface area contributed by atoms with Gasteiger partial charge in [-0.05, 0) is 32.2 Å². The average Bonchev–Trinajstić information content (AvgIpc) is 3.13. The molecule has 0 saturated carbocycles. The molecule has 0 amide bonds. The van der Waals surface area contributed by atoms with Crippen LogP contribution < -0.4 is 0 Å². The molecule has 3 rings (SSSR count). The van der Waals surface area contributed by atoms with Crippen LogP contribution in [0.25, 0.3) is 11.3 Å². The Morgan fingerprint density at radius 1 is 1.30 bits per heavy atom. The molecule has 124 valence electrons. The number of halogens is 1. The Morgan fingerprint density at radius 2 is 2.09 bits per heavy atom. The summed E-state index contributed by atoms with van der Waals surface area (Å²) in [7, 11) is 1.89. The van der Waals surface area contributed by atoms with Gasteiger partial charge in [-0.15, -0.1) is 0 Å². The van der Waals surface area contributed by atoms with Gasteiger partial charge in [0, 0.05) is 37.4 Å². The molecule has 5 heteroatoms. The number of likely N-dealkylation sites (tertiary alicyclic amines) is 1. The van der Waals surface area contributed by atoms with E-state index in [2.05, 4.69) is 22.1 Å². The van der Waals surface area contributed by atoms with Crippen molar-refractivity contribution in [2.45, 2.75) is 38.3 Å². The minimum absolute atomic E-state index is 0.271. The highest BCUT2D eigenvalue weighted by Gasteiger charge is 2.27. The molecule has 1 unspecified atom stereocenters. The van der Waals surface area contributed by atoms with Gasteiger partial charge in [-0.1, -0.05) is 41.9 Å². The first-order chi connectivity index (χ1) is 11.2. The van der Waals surface area contributed by atoms with Crippen molar-refractivity contribution in [1.82, 2.24) is 14.7 Å². The zero-order valence-electron chi connectivity index (χ0n) is 13.6. The quantitative estimate of drug-likeness (QED) is 0.880. The Hall–Kier alpha value is -1.36. The number of aliphatic hydroxyl groups excluding tert-OH is 1. The molecule has 1 aromatic carbocycles. The van der Waals surface area contributed by atoms with Gasteiger partial charge in [-0.2, -0.15) is 5.10 Å². The maximum Gasteiger partial charge on any atom is 0.131 e. The SMILES string of the molecule is Cn1nc(-c2ccccc2)c(CN2CCCC2CCCO)c1Cl. The number of aromatic nitrogens is 2. The third-order valence-electron chi connectivity index (χ3n) is 4.67. The van der Waals surface area contributed by atoms with E-state index in [0.29, 0.717) is 6.04 Å². The van der Waals surface area contributed by atoms with Crippen LogP contribution in [-0.4, -0.2) is 39.0 Å². The van der Waals surface area contributed by atoms with Crippen LogP contribution in [0.4, 0.5) is 0 Å². The van der Waals surface area contributed by atoms with E-state index >= 15 is 0 Å². The van der Waals surface area contributed by atoms with Gasteiger partial charge in [-0.25, -0.2) is 0 Å². The van der Waals surface area contributed by atoms with Gasteiger partial charge in [0.05, 0.1) is 5.69 Å². The third kappa shape index (κ3) is 3.60. The molecule has 0 bridgehead atoms. The minimum Gasteiger partial charge on any atom is -0.396 e. The fourth-order valence-corrected chi connectivity index (χ4v) is 3.66. The summed E-state index contributed by atoms with van der Waals surface area (Å²) < 4.78 is 1.76. The van der Waals surface area contributed by atoms with E-state index in [4.69, 9.17) is 16.7 Å². The molecule has 1 aliphatic heterocycles. The van der Waals surface area contributed by atoms with Gasteiger partial charge in [0.25, 0.3) is 0 Å². The lowest BCUT2D eigenvalue weighted by atomic mass is 10.1. The van der Waals surface area contributed by atoms with Crippen molar-refractivity contribution in [3.63, 3.8) is 0 Å². The maximum absolute atomic E-state index is 9.09. The predicted molar refractivity (Wildman–Crippen MR) is 93.4 cm³/mol. The summed E-state index contributed by atoms with van der Waals surface area (Å²) in [5.74, 6) is 0. The van der Waals surface area contributed by atoms with Gasteiger partial charge in [0.15, 0.2) is 0 Å². The molecule has 1 atom stereocenters.